The summed E-state index contributed by atoms with van der Waals surface area (Å²) in [6.45, 7) is 12.6. The van der Waals surface area contributed by atoms with E-state index in [2.05, 4.69) is 43.9 Å². The topological polar surface area (TPSA) is 47.1 Å². The van der Waals surface area contributed by atoms with Crippen LogP contribution in [-0.2, 0) is 6.54 Å². The van der Waals surface area contributed by atoms with Crippen LogP contribution in [0, 0.1) is 5.92 Å². The average molecular weight is 252 g/mol. The van der Waals surface area contributed by atoms with Crippen molar-refractivity contribution in [3.8, 4) is 0 Å². The zero-order chi connectivity index (χ0) is 13.5. The molecule has 0 aromatic carbocycles. The first-order chi connectivity index (χ1) is 8.62. The van der Waals surface area contributed by atoms with Crippen LogP contribution in [0.15, 0.2) is 12.4 Å². The third-order valence-corrected chi connectivity index (χ3v) is 3.16. The zero-order valence-electron chi connectivity index (χ0n) is 12.3. The van der Waals surface area contributed by atoms with Crippen molar-refractivity contribution >= 4 is 0 Å². The van der Waals surface area contributed by atoms with Crippen molar-refractivity contribution in [1.82, 2.24) is 14.7 Å². The molecule has 0 amide bonds. The average Bonchev–Trinajstić information content (AvgIpc) is 2.77. The predicted octanol–water partition coefficient (Wildman–Crippen LogP) is 2.27. The second kappa shape index (κ2) is 7.54. The molecule has 0 bridgehead atoms. The van der Waals surface area contributed by atoms with Crippen LogP contribution in [0.4, 0.5) is 0 Å². The van der Waals surface area contributed by atoms with Crippen LogP contribution in [0.25, 0.3) is 0 Å². The Balaban J connectivity index is 2.78. The number of nitrogens with zero attached hydrogens (tertiary/aromatic N) is 3. The van der Waals surface area contributed by atoms with Gasteiger partial charge in [0, 0.05) is 31.4 Å². The van der Waals surface area contributed by atoms with Crippen LogP contribution >= 0.6 is 0 Å². The first-order valence-corrected chi connectivity index (χ1v) is 7.08. The standard InChI is InChI=1S/C14H28N4/c1-5-7-18-11-13(9-16-18)14(8-15)17(6-2)10-12(3)4/h9,11-12,14H,5-8,10,15H2,1-4H3. The van der Waals surface area contributed by atoms with E-state index in [0.717, 1.165) is 26.1 Å². The van der Waals surface area contributed by atoms with Gasteiger partial charge in [0.25, 0.3) is 0 Å². The van der Waals surface area contributed by atoms with Gasteiger partial charge in [-0.1, -0.05) is 27.7 Å². The number of aryl methyl sites for hydroxylation is 1. The molecule has 0 fully saturated rings. The van der Waals surface area contributed by atoms with Gasteiger partial charge in [-0.25, -0.2) is 0 Å². The molecule has 0 saturated heterocycles. The molecule has 1 atom stereocenters. The fourth-order valence-corrected chi connectivity index (χ4v) is 2.34. The Morgan fingerprint density at radius 1 is 1.39 bits per heavy atom. The highest BCUT2D eigenvalue weighted by Gasteiger charge is 2.19. The van der Waals surface area contributed by atoms with Gasteiger partial charge in [0.05, 0.1) is 12.2 Å². The van der Waals surface area contributed by atoms with E-state index in [1.807, 2.05) is 10.9 Å². The lowest BCUT2D eigenvalue weighted by molar-refractivity contribution is 0.189. The number of nitrogens with two attached hydrogens (primary N) is 1. The summed E-state index contributed by atoms with van der Waals surface area (Å²) < 4.78 is 2.02. The molecule has 0 aliphatic heterocycles. The maximum atomic E-state index is 5.96. The minimum absolute atomic E-state index is 0.294. The molecule has 1 aromatic heterocycles. The highest BCUT2D eigenvalue weighted by molar-refractivity contribution is 5.11. The molecule has 1 unspecified atom stereocenters. The lowest BCUT2D eigenvalue weighted by Crippen LogP contribution is -2.36. The molecular formula is C14H28N4. The molecule has 1 rings (SSSR count). The maximum Gasteiger partial charge on any atom is 0.0538 e. The highest BCUT2D eigenvalue weighted by Crippen LogP contribution is 2.20. The molecule has 18 heavy (non-hydrogen) atoms. The van der Waals surface area contributed by atoms with Gasteiger partial charge in [0.2, 0.25) is 0 Å². The van der Waals surface area contributed by atoms with Gasteiger partial charge in [-0.05, 0) is 18.9 Å². The number of hydrogen-bond donors (Lipinski definition) is 1. The Bertz CT molecular complexity index is 332. The molecule has 0 saturated carbocycles. The number of hydrogen-bond acceptors (Lipinski definition) is 3. The Morgan fingerprint density at radius 3 is 2.61 bits per heavy atom. The Kier molecular flexibility index (Phi) is 6.36. The third kappa shape index (κ3) is 4.10. The SMILES string of the molecule is CCCn1cc(C(CN)N(CC)CC(C)C)cn1. The first-order valence-electron chi connectivity index (χ1n) is 7.08. The molecule has 1 aromatic rings. The van der Waals surface area contributed by atoms with Crippen LogP contribution in [0.2, 0.25) is 0 Å². The van der Waals surface area contributed by atoms with Gasteiger partial charge in [-0.2, -0.15) is 5.10 Å². The van der Waals surface area contributed by atoms with Crippen molar-refractivity contribution in [1.29, 1.82) is 0 Å². The predicted molar refractivity (Wildman–Crippen MR) is 76.4 cm³/mol. The summed E-state index contributed by atoms with van der Waals surface area (Å²) >= 11 is 0. The summed E-state index contributed by atoms with van der Waals surface area (Å²) in [5.41, 5.74) is 7.21. The van der Waals surface area contributed by atoms with Crippen LogP contribution in [0.5, 0.6) is 0 Å². The van der Waals surface area contributed by atoms with Crippen molar-refractivity contribution < 1.29 is 0 Å². The smallest absolute Gasteiger partial charge is 0.0538 e. The molecule has 0 aliphatic carbocycles. The summed E-state index contributed by atoms with van der Waals surface area (Å²) in [7, 11) is 0. The summed E-state index contributed by atoms with van der Waals surface area (Å²) in [4.78, 5) is 2.44. The number of aromatic nitrogens is 2. The van der Waals surface area contributed by atoms with Crippen molar-refractivity contribution in [2.75, 3.05) is 19.6 Å². The van der Waals surface area contributed by atoms with Crippen LogP contribution in [0.1, 0.15) is 45.7 Å². The fourth-order valence-electron chi connectivity index (χ4n) is 2.34. The minimum Gasteiger partial charge on any atom is -0.329 e. The van der Waals surface area contributed by atoms with E-state index in [9.17, 15) is 0 Å². The van der Waals surface area contributed by atoms with Crippen molar-refractivity contribution in [3.05, 3.63) is 18.0 Å². The molecule has 104 valence electrons. The normalized spacial score (nSPS) is 13.5. The monoisotopic (exact) mass is 252 g/mol. The van der Waals surface area contributed by atoms with Gasteiger partial charge >= 0.3 is 0 Å². The summed E-state index contributed by atoms with van der Waals surface area (Å²) in [6.07, 6.45) is 5.22. The summed E-state index contributed by atoms with van der Waals surface area (Å²) in [6, 6.07) is 0.294. The molecule has 0 aliphatic rings. The largest absolute Gasteiger partial charge is 0.329 e. The molecule has 0 radical (unpaired) electrons. The van der Waals surface area contributed by atoms with E-state index in [4.69, 9.17) is 5.73 Å². The van der Waals surface area contributed by atoms with E-state index in [-0.39, 0.29) is 0 Å². The van der Waals surface area contributed by atoms with Gasteiger partial charge < -0.3 is 5.73 Å². The van der Waals surface area contributed by atoms with Crippen molar-refractivity contribution in [2.45, 2.75) is 46.7 Å². The second-order valence-electron chi connectivity index (χ2n) is 5.27. The quantitative estimate of drug-likeness (QED) is 0.772. The van der Waals surface area contributed by atoms with Gasteiger partial charge in [-0.15, -0.1) is 0 Å². The van der Waals surface area contributed by atoms with Crippen LogP contribution in [0.3, 0.4) is 0 Å². The lowest BCUT2D eigenvalue weighted by Gasteiger charge is -2.30. The van der Waals surface area contributed by atoms with Crippen LogP contribution in [-0.4, -0.2) is 34.3 Å². The summed E-state index contributed by atoms with van der Waals surface area (Å²) in [5.74, 6) is 0.657. The molecule has 4 nitrogen and oxygen atoms in total. The molecule has 1 heterocycles. The Labute approximate surface area is 111 Å². The summed E-state index contributed by atoms with van der Waals surface area (Å²) in [5, 5.41) is 4.41. The third-order valence-electron chi connectivity index (χ3n) is 3.16. The van der Waals surface area contributed by atoms with Gasteiger partial charge in [0.1, 0.15) is 0 Å². The fraction of sp³-hybridized carbons (Fsp3) is 0.786. The van der Waals surface area contributed by atoms with Crippen LogP contribution < -0.4 is 5.73 Å². The van der Waals surface area contributed by atoms with Crippen molar-refractivity contribution in [3.63, 3.8) is 0 Å². The Morgan fingerprint density at radius 2 is 2.11 bits per heavy atom. The van der Waals surface area contributed by atoms with Gasteiger partial charge in [-0.3, -0.25) is 9.58 Å². The molecule has 0 spiro atoms. The highest BCUT2D eigenvalue weighted by atomic mass is 15.3. The van der Waals surface area contributed by atoms with E-state index in [0.29, 0.717) is 18.5 Å². The van der Waals surface area contributed by atoms with E-state index >= 15 is 0 Å². The lowest BCUT2D eigenvalue weighted by atomic mass is 10.1. The molecule has 2 N–H and O–H groups in total. The first kappa shape index (κ1) is 15.2. The van der Waals surface area contributed by atoms with E-state index in [1.165, 1.54) is 5.56 Å². The second-order valence-corrected chi connectivity index (χ2v) is 5.27. The molecular weight excluding hydrogens is 224 g/mol. The van der Waals surface area contributed by atoms with Gasteiger partial charge in [0.15, 0.2) is 0 Å². The Hall–Kier alpha value is -0.870. The minimum atomic E-state index is 0.294. The number of likely N-dealkylation sites (N-methyl/N-ethyl adjacent to an activating group) is 1. The van der Waals surface area contributed by atoms with E-state index in [1.54, 1.807) is 0 Å². The molecule has 4 heteroatoms. The van der Waals surface area contributed by atoms with E-state index < -0.39 is 0 Å². The maximum absolute atomic E-state index is 5.96. The zero-order valence-corrected chi connectivity index (χ0v) is 12.3. The van der Waals surface area contributed by atoms with Crippen molar-refractivity contribution in [2.24, 2.45) is 11.7 Å². The number of rotatable bonds is 8.